The molecular formula is C20H23N3O6S2. The van der Waals surface area contributed by atoms with Crippen LogP contribution in [0.15, 0.2) is 28.0 Å². The number of benzene rings is 1. The number of aliphatic hydroxyl groups is 1. The molecule has 2 fully saturated rings. The van der Waals surface area contributed by atoms with Crippen LogP contribution in [0.4, 0.5) is 10.5 Å². The van der Waals surface area contributed by atoms with Crippen LogP contribution in [0, 0.1) is 16.0 Å². The lowest BCUT2D eigenvalue weighted by Crippen LogP contribution is -2.45. The molecule has 3 rings (SSSR count). The Hall–Kier alpha value is -2.37. The summed E-state index contributed by atoms with van der Waals surface area (Å²) >= 11 is 1.88. The fourth-order valence-electron chi connectivity index (χ4n) is 3.33. The normalized spacial score (nSPS) is 18.8. The first-order valence-electron chi connectivity index (χ1n) is 9.85. The van der Waals surface area contributed by atoms with Crippen molar-refractivity contribution in [3.8, 4) is 0 Å². The van der Waals surface area contributed by atoms with Gasteiger partial charge in [-0.15, -0.1) is 11.8 Å². The van der Waals surface area contributed by atoms with Crippen LogP contribution < -0.4 is 0 Å². The van der Waals surface area contributed by atoms with Gasteiger partial charge in [0.2, 0.25) is 5.91 Å². The molecule has 0 unspecified atom stereocenters. The monoisotopic (exact) mass is 465 g/mol. The molecule has 0 saturated carbocycles. The number of nitro groups is 1. The number of carbonyl (C=O) groups excluding carboxylic acids is 3. The van der Waals surface area contributed by atoms with Crippen molar-refractivity contribution in [2.45, 2.75) is 24.7 Å². The van der Waals surface area contributed by atoms with Crippen LogP contribution in [-0.4, -0.2) is 68.9 Å². The number of carbonyl (C=O) groups is 3. The Bertz CT molecular complexity index is 927. The number of hydrogen-bond acceptors (Lipinski definition) is 8. The molecule has 3 amide bonds. The summed E-state index contributed by atoms with van der Waals surface area (Å²) < 4.78 is 0. The van der Waals surface area contributed by atoms with Crippen molar-refractivity contribution in [2.75, 3.05) is 32.0 Å². The van der Waals surface area contributed by atoms with E-state index in [-0.39, 0.29) is 29.7 Å². The van der Waals surface area contributed by atoms with Gasteiger partial charge in [0.1, 0.15) is 6.54 Å². The molecule has 1 aromatic carbocycles. The fraction of sp³-hybridized carbons (Fsp3) is 0.450. The highest BCUT2D eigenvalue weighted by Gasteiger charge is 2.37. The van der Waals surface area contributed by atoms with E-state index in [1.807, 2.05) is 0 Å². The lowest BCUT2D eigenvalue weighted by molar-refractivity contribution is -0.387. The number of nitrogens with zero attached hydrogens (tertiary/aromatic N) is 3. The van der Waals surface area contributed by atoms with E-state index in [2.05, 4.69) is 6.92 Å². The van der Waals surface area contributed by atoms with E-state index >= 15 is 0 Å². The van der Waals surface area contributed by atoms with Crippen LogP contribution in [0.2, 0.25) is 0 Å². The van der Waals surface area contributed by atoms with E-state index < -0.39 is 16.1 Å². The van der Waals surface area contributed by atoms with Gasteiger partial charge in [-0.25, -0.2) is 0 Å². The molecule has 0 aliphatic carbocycles. The third-order valence-electron chi connectivity index (χ3n) is 5.13. The van der Waals surface area contributed by atoms with Crippen molar-refractivity contribution in [3.05, 3.63) is 38.8 Å². The number of rotatable bonds is 7. The Kier molecular flexibility index (Phi) is 7.74. The maximum absolute atomic E-state index is 12.7. The highest BCUT2D eigenvalue weighted by molar-refractivity contribution is 8.18. The third-order valence-corrected chi connectivity index (χ3v) is 7.08. The maximum atomic E-state index is 12.7. The molecule has 11 heteroatoms. The van der Waals surface area contributed by atoms with Crippen molar-refractivity contribution in [3.63, 3.8) is 0 Å². The number of likely N-dealkylation sites (tertiary alicyclic amines) is 1. The minimum Gasteiger partial charge on any atom is -0.396 e. The minimum absolute atomic E-state index is 0.105. The average Bonchev–Trinajstić information content (AvgIpc) is 3.00. The van der Waals surface area contributed by atoms with Crippen molar-refractivity contribution in [1.82, 2.24) is 9.80 Å². The van der Waals surface area contributed by atoms with Gasteiger partial charge in [-0.2, -0.15) is 0 Å². The first-order valence-corrected chi connectivity index (χ1v) is 11.7. The Balaban J connectivity index is 1.73. The summed E-state index contributed by atoms with van der Waals surface area (Å²) in [5, 5.41) is 19.8. The zero-order chi connectivity index (χ0) is 22.5. The number of imide groups is 1. The summed E-state index contributed by atoms with van der Waals surface area (Å²) in [5.41, 5.74) is 0.267. The average molecular weight is 466 g/mol. The second-order valence-electron chi connectivity index (χ2n) is 7.39. The maximum Gasteiger partial charge on any atom is 0.294 e. The van der Waals surface area contributed by atoms with Gasteiger partial charge in [0, 0.05) is 24.9 Å². The zero-order valence-corrected chi connectivity index (χ0v) is 18.6. The molecule has 0 bridgehead atoms. The molecule has 2 aliphatic heterocycles. The lowest BCUT2D eigenvalue weighted by Gasteiger charge is -2.31. The highest BCUT2D eigenvalue weighted by Crippen LogP contribution is 2.35. The SMILES string of the molecule is CC1CCN(C(=O)CN2C(=O)SC(=Cc3ccc(SCCO)c([N+](=O)[O-])c3)C2=O)CC1. The molecule has 2 aliphatic rings. The van der Waals surface area contributed by atoms with E-state index in [0.717, 1.165) is 41.3 Å². The number of amides is 3. The molecule has 0 radical (unpaired) electrons. The lowest BCUT2D eigenvalue weighted by atomic mass is 9.99. The molecule has 2 heterocycles. The summed E-state index contributed by atoms with van der Waals surface area (Å²) in [4.78, 5) is 51.5. The largest absolute Gasteiger partial charge is 0.396 e. The minimum atomic E-state index is -0.574. The van der Waals surface area contributed by atoms with Gasteiger partial charge in [-0.3, -0.25) is 29.4 Å². The van der Waals surface area contributed by atoms with E-state index in [1.54, 1.807) is 17.0 Å². The number of aliphatic hydroxyl groups excluding tert-OH is 1. The van der Waals surface area contributed by atoms with Gasteiger partial charge in [-0.1, -0.05) is 13.0 Å². The second kappa shape index (κ2) is 10.3. The molecule has 1 aromatic rings. The van der Waals surface area contributed by atoms with Crippen molar-refractivity contribution < 1.29 is 24.4 Å². The molecule has 0 atom stereocenters. The van der Waals surface area contributed by atoms with E-state index in [9.17, 15) is 24.5 Å². The van der Waals surface area contributed by atoms with Crippen LogP contribution >= 0.6 is 23.5 Å². The quantitative estimate of drug-likeness (QED) is 0.282. The first kappa shape index (κ1) is 23.3. The fourth-order valence-corrected chi connectivity index (χ4v) is 4.92. The summed E-state index contributed by atoms with van der Waals surface area (Å²) in [6.07, 6.45) is 3.23. The predicted octanol–water partition coefficient (Wildman–Crippen LogP) is 2.97. The molecule has 0 spiro atoms. The molecule has 31 heavy (non-hydrogen) atoms. The molecule has 0 aromatic heterocycles. The van der Waals surface area contributed by atoms with E-state index in [0.29, 0.717) is 35.2 Å². The van der Waals surface area contributed by atoms with Gasteiger partial charge in [0.15, 0.2) is 0 Å². The second-order valence-corrected chi connectivity index (χ2v) is 9.52. The number of hydrogen-bond donors (Lipinski definition) is 1. The van der Waals surface area contributed by atoms with Gasteiger partial charge in [0.05, 0.1) is 21.3 Å². The Morgan fingerprint density at radius 3 is 2.71 bits per heavy atom. The molecule has 1 N–H and O–H groups in total. The van der Waals surface area contributed by atoms with Crippen LogP contribution in [0.5, 0.6) is 0 Å². The molecule has 166 valence electrons. The Morgan fingerprint density at radius 1 is 1.35 bits per heavy atom. The number of piperidine rings is 1. The van der Waals surface area contributed by atoms with Crippen molar-refractivity contribution >= 4 is 52.3 Å². The summed E-state index contributed by atoms with van der Waals surface area (Å²) in [6, 6.07) is 4.49. The van der Waals surface area contributed by atoms with Gasteiger partial charge >= 0.3 is 0 Å². The summed E-state index contributed by atoms with van der Waals surface area (Å²) in [6.45, 7) is 2.97. The van der Waals surface area contributed by atoms with E-state index in [1.165, 1.54) is 12.1 Å². The molecule has 9 nitrogen and oxygen atoms in total. The third kappa shape index (κ3) is 5.66. The Morgan fingerprint density at radius 2 is 2.06 bits per heavy atom. The summed E-state index contributed by atoms with van der Waals surface area (Å²) in [7, 11) is 0. The van der Waals surface area contributed by atoms with Gasteiger partial charge < -0.3 is 10.0 Å². The van der Waals surface area contributed by atoms with E-state index in [4.69, 9.17) is 5.11 Å². The van der Waals surface area contributed by atoms with Gasteiger partial charge in [-0.05, 0) is 48.2 Å². The smallest absolute Gasteiger partial charge is 0.294 e. The van der Waals surface area contributed by atoms with Crippen LogP contribution in [0.3, 0.4) is 0 Å². The van der Waals surface area contributed by atoms with Crippen molar-refractivity contribution in [1.29, 1.82) is 0 Å². The first-order chi connectivity index (χ1) is 14.8. The van der Waals surface area contributed by atoms with Crippen LogP contribution in [0.25, 0.3) is 6.08 Å². The number of nitro benzene ring substituents is 1. The van der Waals surface area contributed by atoms with Crippen LogP contribution in [-0.2, 0) is 9.59 Å². The molecule has 2 saturated heterocycles. The topological polar surface area (TPSA) is 121 Å². The highest BCUT2D eigenvalue weighted by atomic mass is 32.2. The van der Waals surface area contributed by atoms with Gasteiger partial charge in [0.25, 0.3) is 16.8 Å². The van der Waals surface area contributed by atoms with Crippen LogP contribution in [0.1, 0.15) is 25.3 Å². The number of thioether (sulfide) groups is 2. The zero-order valence-electron chi connectivity index (χ0n) is 17.0. The summed E-state index contributed by atoms with van der Waals surface area (Å²) in [5.74, 6) is 0.0522. The van der Waals surface area contributed by atoms with Crippen molar-refractivity contribution in [2.24, 2.45) is 5.92 Å². The predicted molar refractivity (Wildman–Crippen MR) is 119 cm³/mol. The molecular weight excluding hydrogens is 442 g/mol. The standard InChI is InChI=1S/C20H23N3O6S2/c1-13-4-6-21(7-5-13)18(25)12-22-19(26)17(31-20(22)27)11-14-2-3-16(30-9-8-24)15(10-14)23(28)29/h2-3,10-11,13,24H,4-9,12H2,1H3. The Labute approximate surface area is 188 Å².